The molecule has 13 heavy (non-hydrogen) atoms. The highest BCUT2D eigenvalue weighted by atomic mass is 35.5. The van der Waals surface area contributed by atoms with Crippen molar-refractivity contribution in [1.29, 1.82) is 5.26 Å². The second-order valence-corrected chi connectivity index (χ2v) is 2.71. The number of ether oxygens (including phenoxy) is 2. The van der Waals surface area contributed by atoms with Crippen LogP contribution in [0.2, 0.25) is 5.02 Å². The van der Waals surface area contributed by atoms with Gasteiger partial charge in [0.05, 0.1) is 19.2 Å². The van der Waals surface area contributed by atoms with Crippen LogP contribution in [0.5, 0.6) is 11.5 Å². The molecule has 1 rings (SSSR count). The molecule has 4 heteroatoms. The summed E-state index contributed by atoms with van der Waals surface area (Å²) in [5.41, 5.74) is 0.324. The SMILES string of the molecule is COc1cc(Cl)c(C#N)c(OC)c1. The average molecular weight is 198 g/mol. The maximum absolute atomic E-state index is 8.74. The van der Waals surface area contributed by atoms with Gasteiger partial charge in [0.25, 0.3) is 0 Å². The Morgan fingerprint density at radius 1 is 1.31 bits per heavy atom. The standard InChI is InChI=1S/C9H8ClNO2/c1-12-6-3-8(10)7(5-11)9(4-6)13-2/h3-4H,1-2H3. The van der Waals surface area contributed by atoms with E-state index in [0.29, 0.717) is 22.1 Å². The molecule has 0 aliphatic rings. The van der Waals surface area contributed by atoms with Crippen LogP contribution in [-0.2, 0) is 0 Å². The Morgan fingerprint density at radius 2 is 2.00 bits per heavy atom. The molecule has 3 nitrogen and oxygen atoms in total. The molecule has 0 amide bonds. The summed E-state index contributed by atoms with van der Waals surface area (Å²) in [7, 11) is 3.00. The third-order valence-electron chi connectivity index (χ3n) is 1.59. The molecule has 0 atom stereocenters. The van der Waals surface area contributed by atoms with Crippen LogP contribution < -0.4 is 9.47 Å². The largest absolute Gasteiger partial charge is 0.497 e. The van der Waals surface area contributed by atoms with Crippen molar-refractivity contribution in [3.05, 3.63) is 22.7 Å². The first-order valence-electron chi connectivity index (χ1n) is 3.54. The molecule has 0 heterocycles. The van der Waals surface area contributed by atoms with Crippen molar-refractivity contribution in [2.45, 2.75) is 0 Å². The highest BCUT2D eigenvalue weighted by Crippen LogP contribution is 2.30. The van der Waals surface area contributed by atoms with E-state index in [9.17, 15) is 0 Å². The summed E-state index contributed by atoms with van der Waals surface area (Å²) in [6.07, 6.45) is 0. The van der Waals surface area contributed by atoms with Gasteiger partial charge in [-0.2, -0.15) is 5.26 Å². The Bertz CT molecular complexity index is 357. The molecular weight excluding hydrogens is 190 g/mol. The smallest absolute Gasteiger partial charge is 0.141 e. The van der Waals surface area contributed by atoms with Gasteiger partial charge in [0.1, 0.15) is 23.1 Å². The highest BCUT2D eigenvalue weighted by Gasteiger charge is 2.09. The fraction of sp³-hybridized carbons (Fsp3) is 0.222. The maximum Gasteiger partial charge on any atom is 0.141 e. The minimum absolute atomic E-state index is 0.324. The van der Waals surface area contributed by atoms with E-state index in [-0.39, 0.29) is 0 Å². The van der Waals surface area contributed by atoms with Crippen LogP contribution in [0.4, 0.5) is 0 Å². The molecular formula is C9H8ClNO2. The molecule has 0 aliphatic heterocycles. The lowest BCUT2D eigenvalue weighted by molar-refractivity contribution is 0.393. The topological polar surface area (TPSA) is 42.2 Å². The van der Waals surface area contributed by atoms with Crippen LogP contribution in [0.25, 0.3) is 0 Å². The first-order chi connectivity index (χ1) is 6.22. The first kappa shape index (κ1) is 9.69. The molecule has 0 aromatic heterocycles. The quantitative estimate of drug-likeness (QED) is 0.730. The number of nitriles is 1. The average Bonchev–Trinajstić information content (AvgIpc) is 2.16. The predicted octanol–water partition coefficient (Wildman–Crippen LogP) is 2.23. The highest BCUT2D eigenvalue weighted by molar-refractivity contribution is 6.32. The summed E-state index contributed by atoms with van der Waals surface area (Å²) in [5, 5.41) is 9.07. The number of nitrogens with zero attached hydrogens (tertiary/aromatic N) is 1. The zero-order valence-electron chi connectivity index (χ0n) is 7.30. The monoisotopic (exact) mass is 197 g/mol. The molecule has 68 valence electrons. The number of benzene rings is 1. The number of rotatable bonds is 2. The van der Waals surface area contributed by atoms with Crippen LogP contribution in [0.3, 0.4) is 0 Å². The molecule has 0 aliphatic carbocycles. The van der Waals surface area contributed by atoms with Gasteiger partial charge in [0, 0.05) is 12.1 Å². The zero-order valence-corrected chi connectivity index (χ0v) is 8.05. The van der Waals surface area contributed by atoms with E-state index in [1.54, 1.807) is 12.1 Å². The summed E-state index contributed by atoms with van der Waals surface area (Å²) in [6.45, 7) is 0. The maximum atomic E-state index is 8.74. The van der Waals surface area contributed by atoms with Crippen molar-refractivity contribution < 1.29 is 9.47 Å². The van der Waals surface area contributed by atoms with Crippen molar-refractivity contribution in [3.8, 4) is 17.6 Å². The van der Waals surface area contributed by atoms with Gasteiger partial charge in [-0.25, -0.2) is 0 Å². The molecule has 0 N–H and O–H groups in total. The number of hydrogen-bond donors (Lipinski definition) is 0. The van der Waals surface area contributed by atoms with E-state index < -0.39 is 0 Å². The molecule has 0 radical (unpaired) electrons. The van der Waals surface area contributed by atoms with Crippen LogP contribution >= 0.6 is 11.6 Å². The van der Waals surface area contributed by atoms with Crippen LogP contribution in [0, 0.1) is 11.3 Å². The van der Waals surface area contributed by atoms with Gasteiger partial charge in [-0.15, -0.1) is 0 Å². The van der Waals surface area contributed by atoms with Gasteiger partial charge in [0.2, 0.25) is 0 Å². The van der Waals surface area contributed by atoms with Gasteiger partial charge in [0.15, 0.2) is 0 Å². The van der Waals surface area contributed by atoms with Crippen LogP contribution in [0.1, 0.15) is 5.56 Å². The molecule has 0 saturated carbocycles. The van der Waals surface area contributed by atoms with E-state index in [2.05, 4.69) is 0 Å². The van der Waals surface area contributed by atoms with Crippen molar-refractivity contribution in [3.63, 3.8) is 0 Å². The summed E-state index contributed by atoms with van der Waals surface area (Å²) in [6, 6.07) is 5.14. The van der Waals surface area contributed by atoms with Crippen molar-refractivity contribution in [2.24, 2.45) is 0 Å². The van der Waals surface area contributed by atoms with Gasteiger partial charge < -0.3 is 9.47 Å². The number of halogens is 1. The van der Waals surface area contributed by atoms with E-state index in [1.807, 2.05) is 6.07 Å². The second kappa shape index (κ2) is 4.01. The molecule has 0 saturated heterocycles. The van der Waals surface area contributed by atoms with Crippen LogP contribution in [0.15, 0.2) is 12.1 Å². The lowest BCUT2D eigenvalue weighted by Crippen LogP contribution is -1.91. The number of methoxy groups -OCH3 is 2. The van der Waals surface area contributed by atoms with Gasteiger partial charge in [-0.1, -0.05) is 11.6 Å². The second-order valence-electron chi connectivity index (χ2n) is 2.30. The summed E-state index contributed by atoms with van der Waals surface area (Å²) in [4.78, 5) is 0. The van der Waals surface area contributed by atoms with E-state index in [0.717, 1.165) is 0 Å². The van der Waals surface area contributed by atoms with E-state index >= 15 is 0 Å². The third-order valence-corrected chi connectivity index (χ3v) is 1.89. The minimum Gasteiger partial charge on any atom is -0.497 e. The molecule has 1 aromatic rings. The first-order valence-corrected chi connectivity index (χ1v) is 3.92. The summed E-state index contributed by atoms with van der Waals surface area (Å²) >= 11 is 5.81. The van der Waals surface area contributed by atoms with Gasteiger partial charge >= 0.3 is 0 Å². The molecule has 1 aromatic carbocycles. The third kappa shape index (κ3) is 1.85. The van der Waals surface area contributed by atoms with Gasteiger partial charge in [-0.05, 0) is 0 Å². The normalized spacial score (nSPS) is 9.08. The lowest BCUT2D eigenvalue weighted by Gasteiger charge is -2.06. The summed E-state index contributed by atoms with van der Waals surface area (Å²) < 4.78 is 9.94. The minimum atomic E-state index is 0.324. The zero-order chi connectivity index (χ0) is 9.84. The van der Waals surface area contributed by atoms with E-state index in [4.69, 9.17) is 26.3 Å². The number of hydrogen-bond acceptors (Lipinski definition) is 3. The van der Waals surface area contributed by atoms with Crippen molar-refractivity contribution in [1.82, 2.24) is 0 Å². The predicted molar refractivity (Wildman–Crippen MR) is 49.3 cm³/mol. The summed E-state index contributed by atoms with van der Waals surface area (Å²) in [5.74, 6) is 0.993. The van der Waals surface area contributed by atoms with E-state index in [1.165, 1.54) is 14.2 Å². The Balaban J connectivity index is 3.31. The Labute approximate surface area is 81.4 Å². The van der Waals surface area contributed by atoms with Gasteiger partial charge in [-0.3, -0.25) is 0 Å². The molecule has 0 bridgehead atoms. The van der Waals surface area contributed by atoms with Crippen molar-refractivity contribution >= 4 is 11.6 Å². The fourth-order valence-corrected chi connectivity index (χ4v) is 1.19. The fourth-order valence-electron chi connectivity index (χ4n) is 0.945. The Kier molecular flexibility index (Phi) is 2.99. The van der Waals surface area contributed by atoms with Crippen molar-refractivity contribution in [2.75, 3.05) is 14.2 Å². The van der Waals surface area contributed by atoms with Crippen LogP contribution in [-0.4, -0.2) is 14.2 Å². The molecule has 0 spiro atoms. The lowest BCUT2D eigenvalue weighted by atomic mass is 10.2. The molecule has 0 fully saturated rings. The Hall–Kier alpha value is -1.40. The molecule has 0 unspecified atom stereocenters. The Morgan fingerprint density at radius 3 is 2.46 bits per heavy atom.